The Hall–Kier alpha value is -8.58. The highest BCUT2D eigenvalue weighted by molar-refractivity contribution is 6.31. The molecule has 11 aromatic rings. The summed E-state index contributed by atoms with van der Waals surface area (Å²) in [4.78, 5) is 0. The van der Waals surface area contributed by atoms with Gasteiger partial charge in [0.15, 0.2) is 0 Å². The molecule has 0 unspecified atom stereocenters. The Morgan fingerprint density at radius 2 is 0.696 bits per heavy atom. The van der Waals surface area contributed by atoms with Crippen molar-refractivity contribution in [3.63, 3.8) is 0 Å². The molecule has 0 amide bonds. The van der Waals surface area contributed by atoms with Crippen molar-refractivity contribution in [1.82, 2.24) is 0 Å². The van der Waals surface area contributed by atoms with Gasteiger partial charge in [-0.05, 0) is 196 Å². The molecule has 0 saturated carbocycles. The summed E-state index contributed by atoms with van der Waals surface area (Å²) in [6, 6.07) is 68.7. The molecule has 0 N–H and O–H groups in total. The van der Waals surface area contributed by atoms with Crippen LogP contribution in [0.1, 0.15) is 43.0 Å². The van der Waals surface area contributed by atoms with Crippen LogP contribution in [-0.4, -0.2) is 21.3 Å². The summed E-state index contributed by atoms with van der Waals surface area (Å²) in [5, 5.41) is 4.24. The van der Waals surface area contributed by atoms with Crippen LogP contribution >= 0.6 is 11.6 Å². The number of rotatable bonds is 11. The lowest BCUT2D eigenvalue weighted by Gasteiger charge is -2.28. The van der Waals surface area contributed by atoms with Gasteiger partial charge in [0.1, 0.15) is 17.2 Å². The van der Waals surface area contributed by atoms with E-state index in [1.54, 1.807) is 33.5 Å². The summed E-state index contributed by atoms with van der Waals surface area (Å²) < 4.78 is 61.7. The fourth-order valence-electron chi connectivity index (χ4n) is 11.2. The predicted octanol–water partition coefficient (Wildman–Crippen LogP) is 20.9. The maximum absolute atomic E-state index is 14.6. The zero-order valence-corrected chi connectivity index (χ0v) is 46.1. The number of benzene rings is 11. The molecule has 0 spiro atoms. The van der Waals surface area contributed by atoms with Crippen LogP contribution in [0, 0.1) is 13.8 Å². The number of ether oxygens (including phenoxy) is 3. The maximum atomic E-state index is 14.6. The van der Waals surface area contributed by atoms with Crippen LogP contribution in [0.3, 0.4) is 0 Å². The maximum Gasteiger partial charge on any atom is 0.416 e. The van der Waals surface area contributed by atoms with Gasteiger partial charge in [-0.3, -0.25) is 0 Å². The summed E-state index contributed by atoms with van der Waals surface area (Å²) >= 11 is 6.77. The standard InChI is InChI=1S/C72H58ClF3O3/c1-43-17-19-49(20-18-43)69-65(48-25-33-55(73)34-26-48)61-41-59-60(42-62(61)66(51-16-12-13-44(2)37-51)70(69)52-38-57(78-7)40-58(39-52)79-8)64(46-21-29-53(30-22-46)71(3,4)5)68(50-27-35-56(77-6)36-28-50)67(45-14-10-9-11-15-45)63(59)47-23-31-54(32-24-47)72(74,75)76/h9-42H,1-8H3. The number of hydrogen-bond donors (Lipinski definition) is 0. The van der Waals surface area contributed by atoms with Crippen LogP contribution in [0.4, 0.5) is 13.2 Å². The fourth-order valence-corrected chi connectivity index (χ4v) is 11.4. The Morgan fingerprint density at radius 3 is 1.14 bits per heavy atom. The lowest BCUT2D eigenvalue weighted by Crippen LogP contribution is -2.10. The van der Waals surface area contributed by atoms with Crippen molar-refractivity contribution in [3.05, 3.63) is 234 Å². The highest BCUT2D eigenvalue weighted by atomic mass is 35.5. The number of hydrogen-bond acceptors (Lipinski definition) is 3. The molecular formula is C72H58ClF3O3. The van der Waals surface area contributed by atoms with E-state index in [-0.39, 0.29) is 5.41 Å². The summed E-state index contributed by atoms with van der Waals surface area (Å²) in [6.07, 6.45) is -4.55. The smallest absolute Gasteiger partial charge is 0.416 e. The van der Waals surface area contributed by atoms with E-state index < -0.39 is 11.7 Å². The molecule has 79 heavy (non-hydrogen) atoms. The van der Waals surface area contributed by atoms with Crippen molar-refractivity contribution < 1.29 is 27.4 Å². The Balaban J connectivity index is 1.48. The molecule has 0 atom stereocenters. The van der Waals surface area contributed by atoms with Crippen molar-refractivity contribution in [3.8, 4) is 106 Å². The quantitative estimate of drug-likeness (QED) is 0.121. The first-order valence-electron chi connectivity index (χ1n) is 26.3. The molecule has 7 heteroatoms. The molecule has 11 aromatic carbocycles. The van der Waals surface area contributed by atoms with Crippen molar-refractivity contribution in [2.24, 2.45) is 0 Å². The molecule has 0 radical (unpaired) electrons. The van der Waals surface area contributed by atoms with E-state index in [1.807, 2.05) is 48.5 Å². The minimum atomic E-state index is -4.55. The number of alkyl halides is 3. The third kappa shape index (κ3) is 10.0. The Morgan fingerprint density at radius 1 is 0.316 bits per heavy atom. The molecule has 0 aromatic heterocycles. The SMILES string of the molecule is COc1ccc(-c2c(-c3ccccc3)c(-c3ccc(C(F)(F)F)cc3)c3cc4c(-c5ccc(Cl)cc5)c(-c5ccc(C)cc5)c(-c5cc(OC)cc(OC)c5)c(-c5cccc(C)c5)c4cc3c2-c2ccc(C(C)(C)C)cc2)cc1. The lowest BCUT2D eigenvalue weighted by atomic mass is 9.75. The van der Waals surface area contributed by atoms with E-state index in [0.717, 1.165) is 116 Å². The average molecular weight is 1060 g/mol. The first-order chi connectivity index (χ1) is 38.0. The molecule has 0 saturated heterocycles. The molecule has 3 nitrogen and oxygen atoms in total. The number of fused-ring (bicyclic) bond motifs is 2. The van der Waals surface area contributed by atoms with E-state index in [2.05, 4.69) is 168 Å². The van der Waals surface area contributed by atoms with Crippen LogP contribution in [-0.2, 0) is 11.6 Å². The minimum Gasteiger partial charge on any atom is -0.497 e. The number of methoxy groups -OCH3 is 3. The van der Waals surface area contributed by atoms with E-state index in [1.165, 1.54) is 17.7 Å². The summed E-state index contributed by atoms with van der Waals surface area (Å²) in [5.74, 6) is 1.95. The topological polar surface area (TPSA) is 27.7 Å². The molecule has 0 heterocycles. The monoisotopic (exact) mass is 1060 g/mol. The van der Waals surface area contributed by atoms with Crippen molar-refractivity contribution in [2.75, 3.05) is 21.3 Å². The second-order valence-electron chi connectivity index (χ2n) is 21.3. The second kappa shape index (κ2) is 21.0. The summed E-state index contributed by atoms with van der Waals surface area (Å²) in [7, 11) is 4.99. The number of halogens is 4. The third-order valence-electron chi connectivity index (χ3n) is 15.1. The van der Waals surface area contributed by atoms with Crippen LogP contribution < -0.4 is 14.2 Å². The molecule has 392 valence electrons. The van der Waals surface area contributed by atoms with Gasteiger partial charge in [0, 0.05) is 11.1 Å². The van der Waals surface area contributed by atoms with Gasteiger partial charge >= 0.3 is 6.18 Å². The minimum absolute atomic E-state index is 0.133. The summed E-state index contributed by atoms with van der Waals surface area (Å²) in [5.41, 5.74) is 17.1. The van der Waals surface area contributed by atoms with Crippen molar-refractivity contribution >= 4 is 33.1 Å². The third-order valence-corrected chi connectivity index (χ3v) is 15.4. The first-order valence-corrected chi connectivity index (χ1v) is 26.7. The van der Waals surface area contributed by atoms with Crippen LogP contribution in [0.25, 0.3) is 111 Å². The highest BCUT2D eigenvalue weighted by Crippen LogP contribution is 2.57. The molecule has 11 rings (SSSR count). The van der Waals surface area contributed by atoms with E-state index >= 15 is 0 Å². The Kier molecular flexibility index (Phi) is 13.9. The summed E-state index contributed by atoms with van der Waals surface area (Å²) in [6.45, 7) is 10.8. The van der Waals surface area contributed by atoms with Crippen LogP contribution in [0.15, 0.2) is 206 Å². The zero-order valence-electron chi connectivity index (χ0n) is 45.4. The van der Waals surface area contributed by atoms with Gasteiger partial charge in [0.05, 0.1) is 26.9 Å². The van der Waals surface area contributed by atoms with Crippen LogP contribution in [0.5, 0.6) is 17.2 Å². The normalized spacial score (nSPS) is 11.8. The van der Waals surface area contributed by atoms with E-state index in [4.69, 9.17) is 25.8 Å². The van der Waals surface area contributed by atoms with Gasteiger partial charge in [-0.2, -0.15) is 13.2 Å². The Labute approximate surface area is 465 Å². The predicted molar refractivity (Wildman–Crippen MR) is 323 cm³/mol. The van der Waals surface area contributed by atoms with Crippen molar-refractivity contribution in [1.29, 1.82) is 0 Å². The van der Waals surface area contributed by atoms with E-state index in [9.17, 15) is 13.2 Å². The van der Waals surface area contributed by atoms with Gasteiger partial charge in [0.2, 0.25) is 0 Å². The van der Waals surface area contributed by atoms with E-state index in [0.29, 0.717) is 27.8 Å². The van der Waals surface area contributed by atoms with Gasteiger partial charge in [-0.15, -0.1) is 0 Å². The van der Waals surface area contributed by atoms with Gasteiger partial charge < -0.3 is 14.2 Å². The highest BCUT2D eigenvalue weighted by Gasteiger charge is 2.32. The molecule has 0 fully saturated rings. The number of aryl methyl sites for hydroxylation is 2. The second-order valence-corrected chi connectivity index (χ2v) is 21.7. The molecule has 0 aliphatic rings. The van der Waals surface area contributed by atoms with Gasteiger partial charge in [-0.1, -0.05) is 183 Å². The van der Waals surface area contributed by atoms with Gasteiger partial charge in [-0.25, -0.2) is 0 Å². The Bertz CT molecular complexity index is 4040. The molecular weight excluding hydrogens is 1010 g/mol. The van der Waals surface area contributed by atoms with Crippen molar-refractivity contribution in [2.45, 2.75) is 46.2 Å². The molecule has 0 aliphatic carbocycles. The lowest BCUT2D eigenvalue weighted by molar-refractivity contribution is -0.137. The molecule has 0 bridgehead atoms. The van der Waals surface area contributed by atoms with Gasteiger partial charge in [0.25, 0.3) is 0 Å². The first kappa shape index (κ1) is 52.5. The zero-order chi connectivity index (χ0) is 55.3. The van der Waals surface area contributed by atoms with Crippen LogP contribution in [0.2, 0.25) is 5.02 Å². The average Bonchev–Trinajstić information content (AvgIpc) is 3.58. The fraction of sp³-hybridized carbons (Fsp3) is 0.139. The largest absolute Gasteiger partial charge is 0.497 e. The molecule has 0 aliphatic heterocycles.